The number of carbonyl (C=O) groups excluding carboxylic acids is 1. The molecule has 2 amide bonds. The number of fused-ring (bicyclic) bond motifs is 3. The minimum absolute atomic E-state index is 0.112. The molecule has 24 heavy (non-hydrogen) atoms. The van der Waals surface area contributed by atoms with Crippen LogP contribution in [-0.2, 0) is 6.18 Å². The predicted octanol–water partition coefficient (Wildman–Crippen LogP) is 1.35. The summed E-state index contributed by atoms with van der Waals surface area (Å²) in [7, 11) is 1.48. The maximum atomic E-state index is 12.9. The van der Waals surface area contributed by atoms with E-state index < -0.39 is 23.7 Å². The molecule has 7 nitrogen and oxygen atoms in total. The number of pyridine rings is 1. The number of piperazine rings is 1. The van der Waals surface area contributed by atoms with Gasteiger partial charge in [0.25, 0.3) is 5.91 Å². The number of amides is 2. The molecule has 1 saturated heterocycles. The van der Waals surface area contributed by atoms with Crippen molar-refractivity contribution in [3.05, 3.63) is 23.4 Å². The molecule has 2 aliphatic rings. The lowest BCUT2D eigenvalue weighted by Gasteiger charge is -2.40. The first-order valence-corrected chi connectivity index (χ1v) is 7.25. The summed E-state index contributed by atoms with van der Waals surface area (Å²) in [5.41, 5.74) is -1.09. The molecular weight excluding hydrogens is 329 g/mol. The van der Waals surface area contributed by atoms with Gasteiger partial charge in [0, 0.05) is 39.4 Å². The second-order valence-electron chi connectivity index (χ2n) is 5.85. The van der Waals surface area contributed by atoms with E-state index in [0.29, 0.717) is 6.20 Å². The van der Waals surface area contributed by atoms with Crippen molar-refractivity contribution >= 4 is 17.8 Å². The Morgan fingerprint density at radius 1 is 1.33 bits per heavy atom. The number of hydrogen-bond acceptors (Lipinski definition) is 4. The Morgan fingerprint density at radius 2 is 2.04 bits per heavy atom. The van der Waals surface area contributed by atoms with Crippen LogP contribution in [0.4, 0.5) is 23.8 Å². The lowest BCUT2D eigenvalue weighted by Crippen LogP contribution is -2.57. The topological polar surface area (TPSA) is 77.0 Å². The second kappa shape index (κ2) is 5.53. The lowest BCUT2D eigenvalue weighted by atomic mass is 10.1. The van der Waals surface area contributed by atoms with Gasteiger partial charge < -0.3 is 19.8 Å². The molecule has 0 bridgehead atoms. The first-order chi connectivity index (χ1) is 11.2. The summed E-state index contributed by atoms with van der Waals surface area (Å²) >= 11 is 0. The zero-order chi connectivity index (χ0) is 17.6. The summed E-state index contributed by atoms with van der Waals surface area (Å²) in [5, 5.41) is 9.12. The number of halogens is 3. The standard InChI is InChI=1S/C14H15F3N4O3/c1-19-6-9-7-20(13(23)24)2-3-21(9)11-10(12(19)22)4-8(5-18-11)14(15,16)17/h4-5,9H,2-3,6-7H2,1H3,(H,23,24)/t9-/m0/s1. The predicted molar refractivity (Wildman–Crippen MR) is 76.9 cm³/mol. The molecule has 0 radical (unpaired) electrons. The number of alkyl halides is 3. The third kappa shape index (κ3) is 2.72. The highest BCUT2D eigenvalue weighted by Crippen LogP contribution is 2.34. The summed E-state index contributed by atoms with van der Waals surface area (Å²) in [6, 6.07) is 0.460. The van der Waals surface area contributed by atoms with Gasteiger partial charge in [0.2, 0.25) is 0 Å². The number of carboxylic acid groups (broad SMARTS) is 1. The Hall–Kier alpha value is -2.52. The van der Waals surface area contributed by atoms with Crippen LogP contribution in [0.25, 0.3) is 0 Å². The van der Waals surface area contributed by atoms with Gasteiger partial charge in [-0.2, -0.15) is 13.2 Å². The number of carbonyl (C=O) groups is 2. The van der Waals surface area contributed by atoms with Gasteiger partial charge in [-0.1, -0.05) is 0 Å². The fourth-order valence-corrected chi connectivity index (χ4v) is 3.07. The molecule has 0 spiro atoms. The Morgan fingerprint density at radius 3 is 2.67 bits per heavy atom. The highest BCUT2D eigenvalue weighted by atomic mass is 19.4. The second-order valence-corrected chi connectivity index (χ2v) is 5.85. The van der Waals surface area contributed by atoms with E-state index in [2.05, 4.69) is 4.98 Å². The smallest absolute Gasteiger partial charge is 0.417 e. The molecule has 0 aliphatic carbocycles. The SMILES string of the molecule is CN1C[C@H]2CN(C(=O)O)CCN2c2ncc(C(F)(F)F)cc2C1=O. The largest absolute Gasteiger partial charge is 0.465 e. The minimum atomic E-state index is -4.59. The number of aromatic nitrogens is 1. The Kier molecular flexibility index (Phi) is 3.77. The summed E-state index contributed by atoms with van der Waals surface area (Å²) < 4.78 is 38.7. The first kappa shape index (κ1) is 16.3. The number of likely N-dealkylation sites (N-methyl/N-ethyl adjacent to an activating group) is 1. The van der Waals surface area contributed by atoms with Crippen molar-refractivity contribution in [3.8, 4) is 0 Å². The molecule has 3 heterocycles. The van der Waals surface area contributed by atoms with E-state index in [9.17, 15) is 22.8 Å². The Bertz CT molecular complexity index is 694. The van der Waals surface area contributed by atoms with Crippen molar-refractivity contribution < 1.29 is 27.9 Å². The summed E-state index contributed by atoms with van der Waals surface area (Å²) in [6.07, 6.45) is -4.94. The fraction of sp³-hybridized carbons (Fsp3) is 0.500. The highest BCUT2D eigenvalue weighted by Gasteiger charge is 2.39. The highest BCUT2D eigenvalue weighted by molar-refractivity contribution is 5.99. The molecule has 1 fully saturated rings. The summed E-state index contributed by atoms with van der Waals surface area (Å²) in [5.74, 6) is -0.382. The lowest BCUT2D eigenvalue weighted by molar-refractivity contribution is -0.137. The Balaban J connectivity index is 2.03. The van der Waals surface area contributed by atoms with E-state index >= 15 is 0 Å². The quantitative estimate of drug-likeness (QED) is 0.769. The van der Waals surface area contributed by atoms with E-state index in [1.54, 1.807) is 4.90 Å². The molecule has 10 heteroatoms. The number of nitrogens with zero attached hydrogens (tertiary/aromatic N) is 4. The van der Waals surface area contributed by atoms with E-state index in [4.69, 9.17) is 5.11 Å². The maximum absolute atomic E-state index is 12.9. The normalized spacial score (nSPS) is 21.2. The van der Waals surface area contributed by atoms with Crippen molar-refractivity contribution in [1.82, 2.24) is 14.8 Å². The van der Waals surface area contributed by atoms with Crippen molar-refractivity contribution in [3.63, 3.8) is 0 Å². The molecule has 1 aromatic rings. The van der Waals surface area contributed by atoms with Gasteiger partial charge in [-0.25, -0.2) is 9.78 Å². The molecular formula is C14H15F3N4O3. The molecule has 1 atom stereocenters. The molecule has 0 unspecified atom stereocenters. The van der Waals surface area contributed by atoms with Gasteiger partial charge in [-0.3, -0.25) is 4.79 Å². The maximum Gasteiger partial charge on any atom is 0.417 e. The van der Waals surface area contributed by atoms with Crippen molar-refractivity contribution in [1.29, 1.82) is 0 Å². The Labute approximate surface area is 135 Å². The monoisotopic (exact) mass is 344 g/mol. The van der Waals surface area contributed by atoms with Gasteiger partial charge in [0.1, 0.15) is 5.82 Å². The first-order valence-electron chi connectivity index (χ1n) is 7.25. The van der Waals surface area contributed by atoms with Crippen LogP contribution in [0.2, 0.25) is 0 Å². The van der Waals surface area contributed by atoms with Crippen LogP contribution in [0.15, 0.2) is 12.3 Å². The van der Waals surface area contributed by atoms with E-state index in [1.165, 1.54) is 16.8 Å². The van der Waals surface area contributed by atoms with Crippen molar-refractivity contribution in [2.75, 3.05) is 38.1 Å². The van der Waals surface area contributed by atoms with E-state index in [-0.39, 0.29) is 43.6 Å². The van der Waals surface area contributed by atoms with Crippen LogP contribution in [0, 0.1) is 0 Å². The minimum Gasteiger partial charge on any atom is -0.465 e. The third-order valence-corrected chi connectivity index (χ3v) is 4.28. The number of hydrogen-bond donors (Lipinski definition) is 1. The van der Waals surface area contributed by atoms with E-state index in [0.717, 1.165) is 6.07 Å². The van der Waals surface area contributed by atoms with Crippen molar-refractivity contribution in [2.45, 2.75) is 12.2 Å². The molecule has 130 valence electrons. The molecule has 2 aliphatic heterocycles. The van der Waals surface area contributed by atoms with Crippen LogP contribution in [-0.4, -0.2) is 71.2 Å². The van der Waals surface area contributed by atoms with Crippen LogP contribution in [0.5, 0.6) is 0 Å². The van der Waals surface area contributed by atoms with Gasteiger partial charge in [0.15, 0.2) is 0 Å². The van der Waals surface area contributed by atoms with Gasteiger partial charge in [-0.05, 0) is 6.07 Å². The van der Waals surface area contributed by atoms with Gasteiger partial charge in [0.05, 0.1) is 17.2 Å². The summed E-state index contributed by atoms with van der Waals surface area (Å²) in [4.78, 5) is 31.7. The average Bonchev–Trinajstić information content (AvgIpc) is 2.61. The number of rotatable bonds is 0. The molecule has 3 rings (SSSR count). The van der Waals surface area contributed by atoms with Gasteiger partial charge in [-0.15, -0.1) is 0 Å². The molecule has 0 aromatic carbocycles. The zero-order valence-electron chi connectivity index (χ0n) is 12.7. The van der Waals surface area contributed by atoms with Crippen LogP contribution >= 0.6 is 0 Å². The fourth-order valence-electron chi connectivity index (χ4n) is 3.07. The van der Waals surface area contributed by atoms with Gasteiger partial charge >= 0.3 is 12.3 Å². The average molecular weight is 344 g/mol. The molecule has 0 saturated carbocycles. The molecule has 1 N–H and O–H groups in total. The van der Waals surface area contributed by atoms with Crippen LogP contribution < -0.4 is 4.90 Å². The van der Waals surface area contributed by atoms with Crippen molar-refractivity contribution in [2.24, 2.45) is 0 Å². The number of anilines is 1. The molecule has 1 aromatic heterocycles. The van der Waals surface area contributed by atoms with Crippen LogP contribution in [0.3, 0.4) is 0 Å². The van der Waals surface area contributed by atoms with Crippen LogP contribution in [0.1, 0.15) is 15.9 Å². The summed E-state index contributed by atoms with van der Waals surface area (Å²) in [6.45, 7) is 0.838. The van der Waals surface area contributed by atoms with E-state index in [1.807, 2.05) is 0 Å². The third-order valence-electron chi connectivity index (χ3n) is 4.28. The zero-order valence-corrected chi connectivity index (χ0v) is 12.7.